The monoisotopic (exact) mass is 508 g/mol. The van der Waals surface area contributed by atoms with Crippen LogP contribution in [0.5, 0.6) is 0 Å². The normalized spacial score (nSPS) is 19.3. The van der Waals surface area contributed by atoms with Crippen molar-refractivity contribution in [3.63, 3.8) is 0 Å². The maximum atomic E-state index is 6.14. The van der Waals surface area contributed by atoms with Crippen molar-refractivity contribution in [2.24, 2.45) is 10.9 Å². The summed E-state index contributed by atoms with van der Waals surface area (Å²) in [6, 6.07) is 14.8. The Labute approximate surface area is 191 Å². The van der Waals surface area contributed by atoms with Gasteiger partial charge in [-0.15, -0.1) is 24.0 Å². The van der Waals surface area contributed by atoms with Crippen molar-refractivity contribution < 1.29 is 4.74 Å². The number of pyridine rings is 1. The van der Waals surface area contributed by atoms with Crippen molar-refractivity contribution in [3.8, 4) is 0 Å². The fraction of sp³-hybridized carbons (Fsp3) is 0.478. The summed E-state index contributed by atoms with van der Waals surface area (Å²) >= 11 is 0. The third-order valence-electron chi connectivity index (χ3n) is 5.07. The molecule has 0 radical (unpaired) electrons. The van der Waals surface area contributed by atoms with Gasteiger partial charge in [-0.05, 0) is 51.3 Å². The lowest BCUT2D eigenvalue weighted by Gasteiger charge is -2.32. The van der Waals surface area contributed by atoms with Crippen molar-refractivity contribution in [2.45, 2.75) is 46.3 Å². The van der Waals surface area contributed by atoms with E-state index in [0.29, 0.717) is 12.5 Å². The molecule has 0 spiro atoms. The van der Waals surface area contributed by atoms with E-state index in [1.165, 1.54) is 11.1 Å². The van der Waals surface area contributed by atoms with E-state index in [1.54, 1.807) is 0 Å². The third-order valence-corrected chi connectivity index (χ3v) is 5.07. The van der Waals surface area contributed by atoms with Crippen molar-refractivity contribution in [3.05, 3.63) is 65.0 Å². The Morgan fingerprint density at radius 1 is 1.14 bits per heavy atom. The van der Waals surface area contributed by atoms with Crippen LogP contribution in [-0.2, 0) is 11.3 Å². The molecule has 1 aromatic carbocycles. The number of aliphatic imine (C=N–C) groups is 1. The highest BCUT2D eigenvalue weighted by Crippen LogP contribution is 2.33. The Bertz CT molecular complexity index is 779. The number of hydrogen-bond donors (Lipinski definition) is 2. The number of ether oxygens (including phenoxy) is 1. The zero-order chi connectivity index (χ0) is 19.8. The van der Waals surface area contributed by atoms with Gasteiger partial charge in [0.2, 0.25) is 0 Å². The van der Waals surface area contributed by atoms with E-state index in [2.05, 4.69) is 53.7 Å². The summed E-state index contributed by atoms with van der Waals surface area (Å²) in [5.41, 5.74) is 4.55. The lowest BCUT2D eigenvalue weighted by molar-refractivity contribution is -0.0265. The summed E-state index contributed by atoms with van der Waals surface area (Å²) in [5.74, 6) is 1.26. The second-order valence-corrected chi connectivity index (χ2v) is 7.45. The maximum absolute atomic E-state index is 6.14. The Morgan fingerprint density at radius 2 is 1.93 bits per heavy atom. The summed E-state index contributed by atoms with van der Waals surface area (Å²) in [6.45, 7) is 9.28. The quantitative estimate of drug-likeness (QED) is 0.342. The summed E-state index contributed by atoms with van der Waals surface area (Å²) < 4.78 is 6.14. The van der Waals surface area contributed by atoms with Gasteiger partial charge in [-0.3, -0.25) is 4.98 Å². The molecule has 2 atom stereocenters. The molecule has 0 bridgehead atoms. The summed E-state index contributed by atoms with van der Waals surface area (Å²) in [4.78, 5) is 9.24. The van der Waals surface area contributed by atoms with Gasteiger partial charge in [0, 0.05) is 31.3 Å². The molecule has 1 fully saturated rings. The predicted molar refractivity (Wildman–Crippen MR) is 130 cm³/mol. The van der Waals surface area contributed by atoms with E-state index in [0.717, 1.165) is 49.9 Å². The largest absolute Gasteiger partial charge is 0.373 e. The molecule has 1 aliphatic heterocycles. The van der Waals surface area contributed by atoms with Gasteiger partial charge in [0.15, 0.2) is 5.96 Å². The fourth-order valence-corrected chi connectivity index (χ4v) is 3.59. The van der Waals surface area contributed by atoms with Crippen molar-refractivity contribution in [2.75, 3.05) is 19.7 Å². The summed E-state index contributed by atoms with van der Waals surface area (Å²) in [7, 11) is 0. The molecule has 0 aliphatic carbocycles. The number of benzene rings is 1. The van der Waals surface area contributed by atoms with Gasteiger partial charge in [-0.25, -0.2) is 4.99 Å². The van der Waals surface area contributed by atoms with Crippen LogP contribution in [0, 0.1) is 19.8 Å². The van der Waals surface area contributed by atoms with Gasteiger partial charge in [-0.2, -0.15) is 0 Å². The number of rotatable bonds is 6. The van der Waals surface area contributed by atoms with Crippen molar-refractivity contribution in [1.82, 2.24) is 15.6 Å². The number of nitrogens with one attached hydrogen (secondary N) is 2. The first kappa shape index (κ1) is 23.6. The molecule has 6 heteroatoms. The Morgan fingerprint density at radius 3 is 2.66 bits per heavy atom. The fourth-order valence-electron chi connectivity index (χ4n) is 3.59. The standard InChI is InChI=1S/C23H32N4O.HI/c1-4-24-23(26-16-21-9-5-7-18(3)27-21)25-15-20-8-6-14-28-22(20)19-12-10-17(2)11-13-19;/h5,7,9-13,20,22H,4,6,8,14-16H2,1-3H3,(H2,24,25,26);1H. The molecule has 0 amide bonds. The molecule has 1 aliphatic rings. The van der Waals surface area contributed by atoms with E-state index in [-0.39, 0.29) is 30.1 Å². The molecule has 5 nitrogen and oxygen atoms in total. The van der Waals surface area contributed by atoms with Crippen LogP contribution in [0.15, 0.2) is 47.5 Å². The molecule has 2 aromatic rings. The highest BCUT2D eigenvalue weighted by Gasteiger charge is 2.27. The van der Waals surface area contributed by atoms with Crippen LogP contribution in [0.25, 0.3) is 0 Å². The molecule has 1 aromatic heterocycles. The zero-order valence-electron chi connectivity index (χ0n) is 17.6. The van der Waals surface area contributed by atoms with E-state index >= 15 is 0 Å². The molecule has 1 saturated heterocycles. The maximum Gasteiger partial charge on any atom is 0.191 e. The van der Waals surface area contributed by atoms with E-state index in [1.807, 2.05) is 25.1 Å². The van der Waals surface area contributed by atoms with Crippen LogP contribution in [0.1, 0.15) is 48.4 Å². The van der Waals surface area contributed by atoms with Gasteiger partial charge >= 0.3 is 0 Å². The van der Waals surface area contributed by atoms with Crippen LogP contribution < -0.4 is 10.6 Å². The minimum Gasteiger partial charge on any atom is -0.373 e. The number of guanidine groups is 1. The average molecular weight is 508 g/mol. The number of nitrogens with zero attached hydrogens (tertiary/aromatic N) is 2. The first-order chi connectivity index (χ1) is 13.7. The smallest absolute Gasteiger partial charge is 0.191 e. The molecule has 0 saturated carbocycles. The first-order valence-electron chi connectivity index (χ1n) is 10.3. The molecule has 2 N–H and O–H groups in total. The second kappa shape index (κ2) is 12.1. The molecule has 2 heterocycles. The van der Waals surface area contributed by atoms with Crippen LogP contribution in [0.4, 0.5) is 0 Å². The molecule has 29 heavy (non-hydrogen) atoms. The van der Waals surface area contributed by atoms with Gasteiger partial charge in [0.1, 0.15) is 0 Å². The molecular formula is C23H33IN4O. The van der Waals surface area contributed by atoms with Crippen LogP contribution in [0.3, 0.4) is 0 Å². The van der Waals surface area contributed by atoms with E-state index in [4.69, 9.17) is 9.73 Å². The van der Waals surface area contributed by atoms with Crippen molar-refractivity contribution >= 4 is 29.9 Å². The zero-order valence-corrected chi connectivity index (χ0v) is 20.0. The first-order valence-corrected chi connectivity index (χ1v) is 10.3. The molecular weight excluding hydrogens is 475 g/mol. The SMILES string of the molecule is CCNC(=NCc1cccc(C)n1)NCC1CCCOC1c1ccc(C)cc1.I. The molecule has 2 unspecified atom stereocenters. The van der Waals surface area contributed by atoms with Crippen LogP contribution >= 0.6 is 24.0 Å². The minimum absolute atomic E-state index is 0. The average Bonchev–Trinajstić information content (AvgIpc) is 2.71. The second-order valence-electron chi connectivity index (χ2n) is 7.45. The number of hydrogen-bond acceptors (Lipinski definition) is 3. The predicted octanol–water partition coefficient (Wildman–Crippen LogP) is 4.54. The summed E-state index contributed by atoms with van der Waals surface area (Å²) in [6.07, 6.45) is 2.41. The lowest BCUT2D eigenvalue weighted by Crippen LogP contribution is -2.42. The lowest BCUT2D eigenvalue weighted by atomic mass is 9.89. The van der Waals surface area contributed by atoms with E-state index < -0.39 is 0 Å². The number of aromatic nitrogens is 1. The van der Waals surface area contributed by atoms with Gasteiger partial charge in [0.05, 0.1) is 18.3 Å². The highest BCUT2D eigenvalue weighted by molar-refractivity contribution is 14.0. The Balaban J connectivity index is 0.00000300. The molecule has 3 rings (SSSR count). The highest BCUT2D eigenvalue weighted by atomic mass is 127. The van der Waals surface area contributed by atoms with E-state index in [9.17, 15) is 0 Å². The molecule has 158 valence electrons. The van der Waals surface area contributed by atoms with Gasteiger partial charge < -0.3 is 15.4 Å². The minimum atomic E-state index is 0. The summed E-state index contributed by atoms with van der Waals surface area (Å²) in [5, 5.41) is 6.86. The van der Waals surface area contributed by atoms with Gasteiger partial charge in [-0.1, -0.05) is 35.9 Å². The topological polar surface area (TPSA) is 58.5 Å². The van der Waals surface area contributed by atoms with Crippen LogP contribution in [-0.4, -0.2) is 30.6 Å². The van der Waals surface area contributed by atoms with Crippen molar-refractivity contribution in [1.29, 1.82) is 0 Å². The third kappa shape index (κ3) is 7.26. The number of aryl methyl sites for hydroxylation is 2. The van der Waals surface area contributed by atoms with Gasteiger partial charge in [0.25, 0.3) is 0 Å². The number of halogens is 1. The Hall–Kier alpha value is -1.67. The van der Waals surface area contributed by atoms with Crippen LogP contribution in [0.2, 0.25) is 0 Å². The Kier molecular flexibility index (Phi) is 9.87.